The minimum atomic E-state index is -0.690. The molecule has 2 rings (SSSR count). The predicted octanol–water partition coefficient (Wildman–Crippen LogP) is 3.32. The van der Waals surface area contributed by atoms with Crippen molar-refractivity contribution in [1.82, 2.24) is 0 Å². The first-order valence-electron chi connectivity index (χ1n) is 5.71. The molecule has 104 valence electrons. The zero-order valence-corrected chi connectivity index (χ0v) is 11.4. The molecule has 0 atom stereocenters. The Hall–Kier alpha value is -2.27. The van der Waals surface area contributed by atoms with E-state index in [0.29, 0.717) is 17.1 Å². The SMILES string of the molecule is COc1cc(N)ccc1NC(=O)c1ccc(Cl)cc1F. The number of methoxy groups -OCH3 is 1. The molecule has 0 aliphatic carbocycles. The van der Waals surface area contributed by atoms with E-state index >= 15 is 0 Å². The molecule has 0 bridgehead atoms. The molecule has 20 heavy (non-hydrogen) atoms. The predicted molar refractivity (Wildman–Crippen MR) is 76.8 cm³/mol. The van der Waals surface area contributed by atoms with Crippen molar-refractivity contribution in [2.45, 2.75) is 0 Å². The lowest BCUT2D eigenvalue weighted by Crippen LogP contribution is -2.14. The zero-order chi connectivity index (χ0) is 14.7. The molecule has 1 amide bonds. The van der Waals surface area contributed by atoms with Crippen molar-refractivity contribution in [2.75, 3.05) is 18.2 Å². The van der Waals surface area contributed by atoms with Crippen LogP contribution in [-0.4, -0.2) is 13.0 Å². The highest BCUT2D eigenvalue weighted by Gasteiger charge is 2.14. The summed E-state index contributed by atoms with van der Waals surface area (Å²) in [7, 11) is 1.45. The number of carbonyl (C=O) groups is 1. The number of nitrogens with one attached hydrogen (secondary N) is 1. The summed E-state index contributed by atoms with van der Waals surface area (Å²) in [5, 5.41) is 2.79. The standard InChI is InChI=1S/C14H12ClFN2O2/c1-20-13-7-9(17)3-5-12(13)18-14(19)10-4-2-8(15)6-11(10)16/h2-7H,17H2,1H3,(H,18,19). The van der Waals surface area contributed by atoms with Crippen LogP contribution in [0.25, 0.3) is 0 Å². The molecular weight excluding hydrogens is 283 g/mol. The third-order valence-corrected chi connectivity index (χ3v) is 2.88. The van der Waals surface area contributed by atoms with Gasteiger partial charge < -0.3 is 15.8 Å². The Labute approximate surface area is 120 Å². The Morgan fingerprint density at radius 2 is 2.05 bits per heavy atom. The lowest BCUT2D eigenvalue weighted by molar-refractivity contribution is 0.102. The number of benzene rings is 2. The molecular formula is C14H12ClFN2O2. The maximum absolute atomic E-state index is 13.7. The van der Waals surface area contributed by atoms with E-state index in [4.69, 9.17) is 22.1 Å². The van der Waals surface area contributed by atoms with E-state index in [-0.39, 0.29) is 10.6 Å². The molecule has 0 heterocycles. The summed E-state index contributed by atoms with van der Waals surface area (Å²) in [4.78, 5) is 12.0. The topological polar surface area (TPSA) is 64.3 Å². The second-order valence-electron chi connectivity index (χ2n) is 4.04. The molecule has 2 aromatic carbocycles. The van der Waals surface area contributed by atoms with Crippen LogP contribution in [0, 0.1) is 5.82 Å². The first kappa shape index (κ1) is 14.1. The Kier molecular flexibility index (Phi) is 4.10. The van der Waals surface area contributed by atoms with Crippen molar-refractivity contribution in [3.05, 3.63) is 52.8 Å². The van der Waals surface area contributed by atoms with Gasteiger partial charge in [-0.1, -0.05) is 11.6 Å². The van der Waals surface area contributed by atoms with Gasteiger partial charge in [-0.05, 0) is 30.3 Å². The summed E-state index contributed by atoms with van der Waals surface area (Å²) in [5.41, 5.74) is 6.42. The maximum atomic E-state index is 13.7. The molecule has 0 unspecified atom stereocenters. The van der Waals surface area contributed by atoms with Crippen LogP contribution in [0.1, 0.15) is 10.4 Å². The van der Waals surface area contributed by atoms with Gasteiger partial charge in [0.05, 0.1) is 18.4 Å². The van der Waals surface area contributed by atoms with Gasteiger partial charge in [-0.25, -0.2) is 4.39 Å². The van der Waals surface area contributed by atoms with Crippen molar-refractivity contribution in [3.8, 4) is 5.75 Å². The van der Waals surface area contributed by atoms with E-state index in [1.165, 1.54) is 19.2 Å². The molecule has 0 radical (unpaired) electrons. The minimum Gasteiger partial charge on any atom is -0.494 e. The van der Waals surface area contributed by atoms with Crippen molar-refractivity contribution in [1.29, 1.82) is 0 Å². The molecule has 0 aliphatic heterocycles. The van der Waals surface area contributed by atoms with E-state index in [1.807, 2.05) is 0 Å². The second-order valence-corrected chi connectivity index (χ2v) is 4.47. The number of hydrogen-bond acceptors (Lipinski definition) is 3. The average molecular weight is 295 g/mol. The molecule has 2 aromatic rings. The van der Waals surface area contributed by atoms with E-state index in [2.05, 4.69) is 5.32 Å². The van der Waals surface area contributed by atoms with Gasteiger partial charge in [0.15, 0.2) is 0 Å². The second kappa shape index (κ2) is 5.79. The van der Waals surface area contributed by atoms with Gasteiger partial charge in [-0.15, -0.1) is 0 Å². The van der Waals surface area contributed by atoms with Crippen LogP contribution < -0.4 is 15.8 Å². The van der Waals surface area contributed by atoms with Gasteiger partial charge in [0.1, 0.15) is 11.6 Å². The summed E-state index contributed by atoms with van der Waals surface area (Å²) in [5.74, 6) is -0.889. The number of hydrogen-bond donors (Lipinski definition) is 2. The fourth-order valence-corrected chi connectivity index (χ4v) is 1.83. The lowest BCUT2D eigenvalue weighted by Gasteiger charge is -2.11. The van der Waals surface area contributed by atoms with Crippen LogP contribution in [0.15, 0.2) is 36.4 Å². The van der Waals surface area contributed by atoms with E-state index < -0.39 is 11.7 Å². The fraction of sp³-hybridized carbons (Fsp3) is 0.0714. The third kappa shape index (κ3) is 3.00. The number of nitrogens with two attached hydrogens (primary N) is 1. The van der Waals surface area contributed by atoms with Crippen LogP contribution >= 0.6 is 11.6 Å². The molecule has 6 heteroatoms. The smallest absolute Gasteiger partial charge is 0.258 e. The molecule has 0 saturated heterocycles. The Bertz CT molecular complexity index is 662. The first-order chi connectivity index (χ1) is 9.51. The van der Waals surface area contributed by atoms with E-state index in [9.17, 15) is 9.18 Å². The minimum absolute atomic E-state index is 0.103. The van der Waals surface area contributed by atoms with Crippen LogP contribution in [0.2, 0.25) is 5.02 Å². The first-order valence-corrected chi connectivity index (χ1v) is 6.09. The van der Waals surface area contributed by atoms with Gasteiger partial charge in [-0.2, -0.15) is 0 Å². The molecule has 0 spiro atoms. The Morgan fingerprint density at radius 1 is 1.30 bits per heavy atom. The van der Waals surface area contributed by atoms with Gasteiger partial charge in [0.25, 0.3) is 5.91 Å². The number of nitrogen functional groups attached to an aromatic ring is 1. The highest BCUT2D eigenvalue weighted by atomic mass is 35.5. The lowest BCUT2D eigenvalue weighted by atomic mass is 10.2. The quantitative estimate of drug-likeness (QED) is 0.854. The third-order valence-electron chi connectivity index (χ3n) is 2.65. The average Bonchev–Trinajstić information content (AvgIpc) is 2.40. The van der Waals surface area contributed by atoms with Crippen molar-refractivity contribution >= 4 is 28.9 Å². The highest BCUT2D eigenvalue weighted by molar-refractivity contribution is 6.30. The van der Waals surface area contributed by atoms with Gasteiger partial charge in [-0.3, -0.25) is 4.79 Å². The van der Waals surface area contributed by atoms with Gasteiger partial charge >= 0.3 is 0 Å². The van der Waals surface area contributed by atoms with Gasteiger partial charge in [0.2, 0.25) is 0 Å². The van der Waals surface area contributed by atoms with Gasteiger partial charge in [0, 0.05) is 16.8 Å². The summed E-state index contributed by atoms with van der Waals surface area (Å²) in [6, 6.07) is 8.59. The zero-order valence-electron chi connectivity index (χ0n) is 10.6. The number of amides is 1. The normalized spacial score (nSPS) is 10.2. The number of rotatable bonds is 3. The van der Waals surface area contributed by atoms with Crippen molar-refractivity contribution in [2.24, 2.45) is 0 Å². The Balaban J connectivity index is 2.28. The Morgan fingerprint density at radius 3 is 2.70 bits per heavy atom. The molecule has 0 saturated carbocycles. The molecule has 3 N–H and O–H groups in total. The number of carbonyl (C=O) groups excluding carboxylic acids is 1. The largest absolute Gasteiger partial charge is 0.494 e. The molecule has 0 fully saturated rings. The molecule has 0 aromatic heterocycles. The van der Waals surface area contributed by atoms with Crippen molar-refractivity contribution < 1.29 is 13.9 Å². The van der Waals surface area contributed by atoms with Crippen molar-refractivity contribution in [3.63, 3.8) is 0 Å². The molecule has 0 aliphatic rings. The fourth-order valence-electron chi connectivity index (χ4n) is 1.67. The summed E-state index contributed by atoms with van der Waals surface area (Å²) < 4.78 is 18.8. The molecule has 4 nitrogen and oxygen atoms in total. The number of ether oxygens (including phenoxy) is 1. The summed E-state index contributed by atoms with van der Waals surface area (Å²) in [6.45, 7) is 0. The van der Waals surface area contributed by atoms with E-state index in [0.717, 1.165) is 6.07 Å². The van der Waals surface area contributed by atoms with Crippen LogP contribution in [-0.2, 0) is 0 Å². The summed E-state index contributed by atoms with van der Waals surface area (Å²) >= 11 is 5.64. The number of halogens is 2. The monoisotopic (exact) mass is 294 g/mol. The maximum Gasteiger partial charge on any atom is 0.258 e. The van der Waals surface area contributed by atoms with Crippen LogP contribution in [0.3, 0.4) is 0 Å². The van der Waals surface area contributed by atoms with Crippen LogP contribution in [0.5, 0.6) is 5.75 Å². The number of anilines is 2. The summed E-state index contributed by atoms with van der Waals surface area (Å²) in [6.07, 6.45) is 0. The van der Waals surface area contributed by atoms with Crippen LogP contribution in [0.4, 0.5) is 15.8 Å². The van der Waals surface area contributed by atoms with E-state index in [1.54, 1.807) is 18.2 Å². The highest BCUT2D eigenvalue weighted by Crippen LogP contribution is 2.27.